The second-order valence-corrected chi connectivity index (χ2v) is 5.59. The quantitative estimate of drug-likeness (QED) is 0.869. The molecular weight excluding hydrogens is 276 g/mol. The number of nitrogens with zero attached hydrogens (tertiary/aromatic N) is 3. The van der Waals surface area contributed by atoms with Crippen molar-refractivity contribution in [1.29, 1.82) is 0 Å². The number of H-pyrrole nitrogens is 1. The zero-order valence-electron chi connectivity index (χ0n) is 12.4. The van der Waals surface area contributed by atoms with Crippen LogP contribution in [-0.4, -0.2) is 37.8 Å². The van der Waals surface area contributed by atoms with E-state index in [1.54, 1.807) is 0 Å². The van der Waals surface area contributed by atoms with Crippen LogP contribution in [0.4, 0.5) is 0 Å². The fraction of sp³-hybridized carbons (Fsp3) is 0.538. The predicted octanol–water partition coefficient (Wildman–Crippen LogP) is 2.28. The van der Waals surface area contributed by atoms with Crippen molar-refractivity contribution in [2.24, 2.45) is 5.41 Å². The average Bonchev–Trinajstić information content (AvgIpc) is 3.02. The first-order chi connectivity index (χ1) is 9.84. The van der Waals surface area contributed by atoms with E-state index in [4.69, 9.17) is 14.4 Å². The number of carboxylic acid groups (broad SMARTS) is 1. The zero-order chi connectivity index (χ0) is 15.6. The van der Waals surface area contributed by atoms with Crippen molar-refractivity contribution in [2.75, 3.05) is 6.61 Å². The summed E-state index contributed by atoms with van der Waals surface area (Å²) < 4.78 is 10.8. The molecule has 21 heavy (non-hydrogen) atoms. The number of imidazole rings is 1. The van der Waals surface area contributed by atoms with E-state index in [0.717, 1.165) is 0 Å². The molecule has 0 saturated heterocycles. The third-order valence-corrected chi connectivity index (χ3v) is 2.85. The first-order valence-electron chi connectivity index (χ1n) is 6.56. The second-order valence-electron chi connectivity index (χ2n) is 5.59. The van der Waals surface area contributed by atoms with E-state index in [0.29, 0.717) is 12.4 Å². The molecule has 0 aliphatic rings. The average molecular weight is 294 g/mol. The number of aromatic amines is 1. The van der Waals surface area contributed by atoms with Gasteiger partial charge in [-0.15, -0.1) is 0 Å². The number of nitrogens with one attached hydrogen (secondary N) is 1. The minimum Gasteiger partial charge on any atom is -0.476 e. The molecule has 2 heterocycles. The maximum absolute atomic E-state index is 11.1. The SMILES string of the molecule is CCOC(c1noc(-c2[nH]cnc2C(=O)O)n1)C(C)(C)C. The molecule has 0 aromatic carbocycles. The Balaban J connectivity index is 2.36. The minimum atomic E-state index is -1.16. The maximum Gasteiger partial charge on any atom is 0.356 e. The lowest BCUT2D eigenvalue weighted by Gasteiger charge is -2.27. The second kappa shape index (κ2) is 5.65. The summed E-state index contributed by atoms with van der Waals surface area (Å²) in [6.07, 6.45) is 0.920. The van der Waals surface area contributed by atoms with E-state index in [9.17, 15) is 4.79 Å². The van der Waals surface area contributed by atoms with Gasteiger partial charge in [-0.3, -0.25) is 0 Å². The van der Waals surface area contributed by atoms with Crippen LogP contribution in [0.2, 0.25) is 0 Å². The molecule has 1 atom stereocenters. The van der Waals surface area contributed by atoms with Crippen molar-refractivity contribution >= 4 is 5.97 Å². The molecule has 2 rings (SSSR count). The molecule has 2 N–H and O–H groups in total. The highest BCUT2D eigenvalue weighted by Gasteiger charge is 2.32. The van der Waals surface area contributed by atoms with Crippen molar-refractivity contribution in [3.05, 3.63) is 17.8 Å². The molecule has 2 aromatic heterocycles. The highest BCUT2D eigenvalue weighted by Crippen LogP contribution is 2.35. The molecule has 8 heteroatoms. The van der Waals surface area contributed by atoms with Crippen LogP contribution in [0.3, 0.4) is 0 Å². The fourth-order valence-electron chi connectivity index (χ4n) is 1.94. The standard InChI is InChI=1S/C13H18N4O4/c1-5-20-9(13(2,3)4)10-16-11(21-17-10)7-8(12(18)19)15-6-14-7/h6,9H,5H2,1-4H3,(H,14,15)(H,18,19). The third-order valence-electron chi connectivity index (χ3n) is 2.85. The van der Waals surface area contributed by atoms with Gasteiger partial charge >= 0.3 is 5.97 Å². The number of hydrogen-bond acceptors (Lipinski definition) is 6. The van der Waals surface area contributed by atoms with Crippen LogP contribution in [-0.2, 0) is 4.74 Å². The number of aromatic carboxylic acids is 1. The Labute approximate surface area is 121 Å². The van der Waals surface area contributed by atoms with Gasteiger partial charge in [-0.2, -0.15) is 4.98 Å². The van der Waals surface area contributed by atoms with Crippen LogP contribution < -0.4 is 0 Å². The molecule has 0 fully saturated rings. The molecule has 0 amide bonds. The number of carbonyl (C=O) groups is 1. The van der Waals surface area contributed by atoms with Gasteiger partial charge in [0.05, 0.1) is 6.33 Å². The predicted molar refractivity (Wildman–Crippen MR) is 72.7 cm³/mol. The van der Waals surface area contributed by atoms with Crippen LogP contribution in [0.5, 0.6) is 0 Å². The van der Waals surface area contributed by atoms with Gasteiger partial charge in [-0.25, -0.2) is 9.78 Å². The zero-order valence-corrected chi connectivity index (χ0v) is 12.4. The Morgan fingerprint density at radius 3 is 2.81 bits per heavy atom. The summed E-state index contributed by atoms with van der Waals surface area (Å²) in [5, 5.41) is 13.0. The molecule has 0 aliphatic heterocycles. The van der Waals surface area contributed by atoms with Gasteiger partial charge in [0, 0.05) is 6.61 Å². The normalized spacial score (nSPS) is 13.3. The lowest BCUT2D eigenvalue weighted by molar-refractivity contribution is -0.0203. The summed E-state index contributed by atoms with van der Waals surface area (Å²) in [6, 6.07) is 0. The Morgan fingerprint density at radius 1 is 1.52 bits per heavy atom. The lowest BCUT2D eigenvalue weighted by Crippen LogP contribution is -2.22. The summed E-state index contributed by atoms with van der Waals surface area (Å²) in [5.74, 6) is -0.706. The van der Waals surface area contributed by atoms with Crippen molar-refractivity contribution in [3.63, 3.8) is 0 Å². The number of aromatic nitrogens is 4. The first kappa shape index (κ1) is 15.2. The van der Waals surface area contributed by atoms with Gasteiger partial charge in [-0.05, 0) is 12.3 Å². The number of ether oxygens (including phenoxy) is 1. The van der Waals surface area contributed by atoms with Gasteiger partial charge in [-0.1, -0.05) is 25.9 Å². The minimum absolute atomic E-state index is 0.0776. The largest absolute Gasteiger partial charge is 0.476 e. The Bertz CT molecular complexity index is 626. The molecular formula is C13H18N4O4. The van der Waals surface area contributed by atoms with Gasteiger partial charge < -0.3 is 19.4 Å². The van der Waals surface area contributed by atoms with E-state index in [-0.39, 0.29) is 28.8 Å². The van der Waals surface area contributed by atoms with Gasteiger partial charge in [0.15, 0.2) is 5.69 Å². The first-order valence-corrected chi connectivity index (χ1v) is 6.56. The summed E-state index contributed by atoms with van der Waals surface area (Å²) in [7, 11) is 0. The molecule has 0 radical (unpaired) electrons. The molecule has 114 valence electrons. The topological polar surface area (TPSA) is 114 Å². The van der Waals surface area contributed by atoms with Crippen LogP contribution in [0.25, 0.3) is 11.6 Å². The Hall–Kier alpha value is -2.22. The third kappa shape index (κ3) is 3.10. The van der Waals surface area contributed by atoms with Gasteiger partial charge in [0.25, 0.3) is 5.89 Å². The van der Waals surface area contributed by atoms with Crippen molar-refractivity contribution in [3.8, 4) is 11.6 Å². The molecule has 0 bridgehead atoms. The molecule has 8 nitrogen and oxygen atoms in total. The van der Waals surface area contributed by atoms with E-state index >= 15 is 0 Å². The maximum atomic E-state index is 11.1. The van der Waals surface area contributed by atoms with E-state index in [2.05, 4.69) is 20.1 Å². The Morgan fingerprint density at radius 2 is 2.24 bits per heavy atom. The highest BCUT2D eigenvalue weighted by atomic mass is 16.5. The summed E-state index contributed by atoms with van der Waals surface area (Å²) in [6.45, 7) is 8.40. The molecule has 0 saturated carbocycles. The molecule has 2 aromatic rings. The van der Waals surface area contributed by atoms with Crippen LogP contribution in [0.1, 0.15) is 50.1 Å². The number of carboxylic acids is 1. The number of hydrogen-bond donors (Lipinski definition) is 2. The van der Waals surface area contributed by atoms with Crippen molar-refractivity contribution < 1.29 is 19.2 Å². The number of rotatable bonds is 5. The van der Waals surface area contributed by atoms with Crippen LogP contribution in [0, 0.1) is 5.41 Å². The lowest BCUT2D eigenvalue weighted by atomic mass is 9.88. The monoisotopic (exact) mass is 294 g/mol. The summed E-state index contributed by atoms with van der Waals surface area (Å²) >= 11 is 0. The van der Waals surface area contributed by atoms with Crippen LogP contribution in [0.15, 0.2) is 10.9 Å². The fourth-order valence-corrected chi connectivity index (χ4v) is 1.94. The highest BCUT2D eigenvalue weighted by molar-refractivity contribution is 5.91. The van der Waals surface area contributed by atoms with E-state index in [1.165, 1.54) is 6.33 Å². The molecule has 0 spiro atoms. The summed E-state index contributed by atoms with van der Waals surface area (Å²) in [5.41, 5.74) is -0.194. The van der Waals surface area contributed by atoms with E-state index < -0.39 is 5.97 Å². The Kier molecular flexibility index (Phi) is 4.08. The van der Waals surface area contributed by atoms with Crippen molar-refractivity contribution in [2.45, 2.75) is 33.8 Å². The van der Waals surface area contributed by atoms with Gasteiger partial charge in [0.1, 0.15) is 11.8 Å². The molecule has 1 unspecified atom stereocenters. The molecule has 0 aliphatic carbocycles. The van der Waals surface area contributed by atoms with Crippen LogP contribution >= 0.6 is 0 Å². The smallest absolute Gasteiger partial charge is 0.356 e. The van der Waals surface area contributed by atoms with E-state index in [1.807, 2.05) is 27.7 Å². The van der Waals surface area contributed by atoms with Crippen molar-refractivity contribution in [1.82, 2.24) is 20.1 Å². The van der Waals surface area contributed by atoms with Gasteiger partial charge in [0.2, 0.25) is 5.82 Å². The summed E-state index contributed by atoms with van der Waals surface area (Å²) in [4.78, 5) is 21.7.